The minimum absolute atomic E-state index is 0.128. The molecule has 1 saturated carbocycles. The summed E-state index contributed by atoms with van der Waals surface area (Å²) in [5.41, 5.74) is 8.97. The molecule has 1 aliphatic rings. The van der Waals surface area contributed by atoms with Gasteiger partial charge < -0.3 is 10.5 Å². The highest BCUT2D eigenvalue weighted by Crippen LogP contribution is 2.37. The second kappa shape index (κ2) is 4.46. The van der Waals surface area contributed by atoms with Gasteiger partial charge >= 0.3 is 0 Å². The zero-order valence-electron chi connectivity index (χ0n) is 10.3. The Balaban J connectivity index is 2.37. The third-order valence-corrected chi connectivity index (χ3v) is 3.73. The van der Waals surface area contributed by atoms with Gasteiger partial charge in [0.2, 0.25) is 0 Å². The van der Waals surface area contributed by atoms with Gasteiger partial charge in [0, 0.05) is 5.54 Å². The van der Waals surface area contributed by atoms with Crippen molar-refractivity contribution in [3.8, 4) is 5.75 Å². The lowest BCUT2D eigenvalue weighted by Gasteiger charge is -2.35. The lowest BCUT2D eigenvalue weighted by atomic mass is 9.76. The molecule has 88 valence electrons. The molecule has 0 heterocycles. The van der Waals surface area contributed by atoms with Crippen LogP contribution < -0.4 is 10.5 Å². The topological polar surface area (TPSA) is 35.2 Å². The molecule has 0 spiro atoms. The molecule has 0 amide bonds. The van der Waals surface area contributed by atoms with Crippen molar-refractivity contribution in [3.63, 3.8) is 0 Å². The number of aryl methyl sites for hydroxylation is 1. The van der Waals surface area contributed by atoms with Crippen LogP contribution in [0.3, 0.4) is 0 Å². The van der Waals surface area contributed by atoms with Gasteiger partial charge in [-0.1, -0.05) is 25.3 Å². The molecule has 1 fully saturated rings. The summed E-state index contributed by atoms with van der Waals surface area (Å²) >= 11 is 0. The number of hydrogen-bond acceptors (Lipinski definition) is 2. The second-order valence-electron chi connectivity index (χ2n) is 4.90. The van der Waals surface area contributed by atoms with Crippen LogP contribution in [0.4, 0.5) is 0 Å². The van der Waals surface area contributed by atoms with E-state index < -0.39 is 0 Å². The number of hydrogen-bond donors (Lipinski definition) is 1. The Bertz CT molecular complexity index is 367. The lowest BCUT2D eigenvalue weighted by Crippen LogP contribution is -2.39. The normalized spacial score (nSPS) is 19.4. The Morgan fingerprint density at radius 1 is 1.19 bits per heavy atom. The van der Waals surface area contributed by atoms with Gasteiger partial charge in [-0.05, 0) is 43.0 Å². The van der Waals surface area contributed by atoms with Crippen LogP contribution in [-0.2, 0) is 5.54 Å². The van der Waals surface area contributed by atoms with Crippen molar-refractivity contribution >= 4 is 0 Å². The second-order valence-corrected chi connectivity index (χ2v) is 4.90. The summed E-state index contributed by atoms with van der Waals surface area (Å²) in [6.45, 7) is 2.14. The fourth-order valence-corrected chi connectivity index (χ4v) is 2.72. The molecule has 0 aromatic heterocycles. The standard InChI is InChI=1S/C14H21NO/c1-11-6-7-12(16-2)10-13(11)14(15)8-4-3-5-9-14/h6-7,10H,3-5,8-9,15H2,1-2H3. The van der Waals surface area contributed by atoms with Gasteiger partial charge in [0.05, 0.1) is 7.11 Å². The highest BCUT2D eigenvalue weighted by Gasteiger charge is 2.30. The van der Waals surface area contributed by atoms with E-state index in [1.54, 1.807) is 7.11 Å². The molecule has 2 nitrogen and oxygen atoms in total. The first-order valence-corrected chi connectivity index (χ1v) is 6.10. The van der Waals surface area contributed by atoms with Gasteiger partial charge in [-0.2, -0.15) is 0 Å². The molecule has 0 bridgehead atoms. The predicted molar refractivity (Wildman–Crippen MR) is 66.7 cm³/mol. The van der Waals surface area contributed by atoms with Gasteiger partial charge in [0.15, 0.2) is 0 Å². The van der Waals surface area contributed by atoms with E-state index in [-0.39, 0.29) is 5.54 Å². The van der Waals surface area contributed by atoms with Gasteiger partial charge in [-0.15, -0.1) is 0 Å². The number of benzene rings is 1. The Hall–Kier alpha value is -1.02. The van der Waals surface area contributed by atoms with Crippen molar-refractivity contribution in [2.24, 2.45) is 5.73 Å². The number of nitrogens with two attached hydrogens (primary N) is 1. The van der Waals surface area contributed by atoms with Gasteiger partial charge in [-0.3, -0.25) is 0 Å². The summed E-state index contributed by atoms with van der Waals surface area (Å²) in [5, 5.41) is 0. The lowest BCUT2D eigenvalue weighted by molar-refractivity contribution is 0.299. The maximum Gasteiger partial charge on any atom is 0.119 e. The van der Waals surface area contributed by atoms with Crippen molar-refractivity contribution < 1.29 is 4.74 Å². The molecule has 2 heteroatoms. The Labute approximate surface area is 97.8 Å². The molecule has 0 unspecified atom stereocenters. The first-order valence-electron chi connectivity index (χ1n) is 6.10. The molecule has 1 aliphatic carbocycles. The third-order valence-electron chi connectivity index (χ3n) is 3.73. The van der Waals surface area contributed by atoms with Crippen LogP contribution >= 0.6 is 0 Å². The summed E-state index contributed by atoms with van der Waals surface area (Å²) in [5.74, 6) is 0.913. The number of ether oxygens (including phenoxy) is 1. The minimum atomic E-state index is -0.128. The van der Waals surface area contributed by atoms with Crippen molar-refractivity contribution in [1.29, 1.82) is 0 Å². The molecule has 1 aromatic rings. The van der Waals surface area contributed by atoms with Gasteiger partial charge in [0.1, 0.15) is 5.75 Å². The molecule has 0 radical (unpaired) electrons. The molecule has 2 N–H and O–H groups in total. The minimum Gasteiger partial charge on any atom is -0.497 e. The van der Waals surface area contributed by atoms with Gasteiger partial charge in [-0.25, -0.2) is 0 Å². The van der Waals surface area contributed by atoms with E-state index in [4.69, 9.17) is 10.5 Å². The average Bonchev–Trinajstić information content (AvgIpc) is 2.30. The Kier molecular flexibility index (Phi) is 3.20. The summed E-state index contributed by atoms with van der Waals surface area (Å²) in [6, 6.07) is 6.23. The molecule has 0 saturated heterocycles. The molecule has 16 heavy (non-hydrogen) atoms. The number of methoxy groups -OCH3 is 1. The van der Waals surface area contributed by atoms with E-state index in [1.165, 1.54) is 30.4 Å². The third kappa shape index (κ3) is 2.07. The van der Waals surface area contributed by atoms with E-state index in [0.29, 0.717) is 0 Å². The maximum atomic E-state index is 6.55. The highest BCUT2D eigenvalue weighted by molar-refractivity contribution is 5.39. The first kappa shape index (κ1) is 11.5. The van der Waals surface area contributed by atoms with Crippen molar-refractivity contribution in [3.05, 3.63) is 29.3 Å². The predicted octanol–water partition coefficient (Wildman–Crippen LogP) is 3.12. The zero-order valence-corrected chi connectivity index (χ0v) is 10.3. The van der Waals surface area contributed by atoms with E-state index in [0.717, 1.165) is 18.6 Å². The zero-order chi connectivity index (χ0) is 11.6. The van der Waals surface area contributed by atoms with E-state index in [1.807, 2.05) is 6.07 Å². The molecule has 2 rings (SSSR count). The van der Waals surface area contributed by atoms with Gasteiger partial charge in [0.25, 0.3) is 0 Å². The van der Waals surface area contributed by atoms with Crippen LogP contribution in [0.5, 0.6) is 5.75 Å². The van der Waals surface area contributed by atoms with E-state index in [2.05, 4.69) is 19.1 Å². The van der Waals surface area contributed by atoms with Crippen LogP contribution in [0.15, 0.2) is 18.2 Å². The van der Waals surface area contributed by atoms with E-state index in [9.17, 15) is 0 Å². The van der Waals surface area contributed by atoms with Crippen molar-refractivity contribution in [1.82, 2.24) is 0 Å². The smallest absolute Gasteiger partial charge is 0.119 e. The van der Waals surface area contributed by atoms with Crippen LogP contribution in [0, 0.1) is 6.92 Å². The highest BCUT2D eigenvalue weighted by atomic mass is 16.5. The fraction of sp³-hybridized carbons (Fsp3) is 0.571. The monoisotopic (exact) mass is 219 g/mol. The van der Waals surface area contributed by atoms with Crippen LogP contribution in [0.2, 0.25) is 0 Å². The molecule has 1 aromatic carbocycles. The van der Waals surface area contributed by atoms with Crippen LogP contribution in [0.1, 0.15) is 43.2 Å². The average molecular weight is 219 g/mol. The largest absolute Gasteiger partial charge is 0.497 e. The number of rotatable bonds is 2. The summed E-state index contributed by atoms with van der Waals surface area (Å²) in [7, 11) is 1.71. The molecular formula is C14H21NO. The maximum absolute atomic E-state index is 6.55. The molecular weight excluding hydrogens is 198 g/mol. The summed E-state index contributed by atoms with van der Waals surface area (Å²) in [6.07, 6.45) is 6.00. The fourth-order valence-electron chi connectivity index (χ4n) is 2.72. The van der Waals surface area contributed by atoms with Crippen LogP contribution in [-0.4, -0.2) is 7.11 Å². The summed E-state index contributed by atoms with van der Waals surface area (Å²) < 4.78 is 5.29. The quantitative estimate of drug-likeness (QED) is 0.829. The molecule has 0 aliphatic heterocycles. The Morgan fingerprint density at radius 3 is 2.50 bits per heavy atom. The SMILES string of the molecule is COc1ccc(C)c(C2(N)CCCCC2)c1. The van der Waals surface area contributed by atoms with Crippen molar-refractivity contribution in [2.75, 3.05) is 7.11 Å². The van der Waals surface area contributed by atoms with Crippen molar-refractivity contribution in [2.45, 2.75) is 44.6 Å². The molecule has 0 atom stereocenters. The van der Waals surface area contributed by atoms with E-state index >= 15 is 0 Å². The van der Waals surface area contributed by atoms with Crippen LogP contribution in [0.25, 0.3) is 0 Å². The Morgan fingerprint density at radius 2 is 1.88 bits per heavy atom. The first-order chi connectivity index (χ1) is 7.65. The summed E-state index contributed by atoms with van der Waals surface area (Å²) in [4.78, 5) is 0.